The van der Waals surface area contributed by atoms with Crippen LogP contribution in [0.1, 0.15) is 36.0 Å². The summed E-state index contributed by atoms with van der Waals surface area (Å²) in [6.07, 6.45) is 5.39. The van der Waals surface area contributed by atoms with Crippen LogP contribution in [0.2, 0.25) is 0 Å². The lowest BCUT2D eigenvalue weighted by Crippen LogP contribution is -2.28. The van der Waals surface area contributed by atoms with Crippen LogP contribution in [-0.2, 0) is 0 Å². The van der Waals surface area contributed by atoms with Crippen LogP contribution < -0.4 is 22.3 Å². The minimum Gasteiger partial charge on any atom is -0.352 e. The largest absolute Gasteiger partial charge is 0.352 e. The molecule has 0 spiro atoms. The zero-order valence-electron chi connectivity index (χ0n) is 13.5. The summed E-state index contributed by atoms with van der Waals surface area (Å²) in [6.45, 7) is 1.30. The molecule has 0 aliphatic heterocycles. The Kier molecular flexibility index (Phi) is 6.51. The number of H-pyrrole nitrogens is 1. The normalized spacial score (nSPS) is 10.5. The van der Waals surface area contributed by atoms with Crippen molar-refractivity contribution in [1.82, 2.24) is 14.9 Å². The Balaban J connectivity index is 2.00. The van der Waals surface area contributed by atoms with E-state index in [2.05, 4.69) is 10.3 Å². The molecule has 1 heterocycles. The second-order valence-electron chi connectivity index (χ2n) is 5.49. The molecule has 0 aliphatic rings. The van der Waals surface area contributed by atoms with Crippen LogP contribution in [0.3, 0.4) is 0 Å². The smallest absolute Gasteiger partial charge is 0.332 e. The number of nitrogens with zero attached hydrogens (tertiary/aromatic N) is 1. The van der Waals surface area contributed by atoms with Crippen molar-refractivity contribution >= 4 is 5.91 Å². The standard InChI is InChI=1S/C17H22N4O3/c18-9-3-1-2-4-10-19-16(23)13-6-5-7-14(12-13)21-11-8-15(22)20-17(21)24/h5-8,11-12H,1-4,9-10,18H2,(H,19,23)(H,20,22,24). The molecular formula is C17H22N4O3. The predicted molar refractivity (Wildman–Crippen MR) is 92.5 cm³/mol. The predicted octanol–water partition coefficient (Wildman–Crippen LogP) is 0.775. The van der Waals surface area contributed by atoms with Crippen molar-refractivity contribution in [3.63, 3.8) is 0 Å². The van der Waals surface area contributed by atoms with Gasteiger partial charge in [0.2, 0.25) is 0 Å². The Hall–Kier alpha value is -2.67. The first-order chi connectivity index (χ1) is 11.6. The van der Waals surface area contributed by atoms with Crippen LogP contribution in [0.25, 0.3) is 5.69 Å². The zero-order chi connectivity index (χ0) is 17.4. The summed E-state index contributed by atoms with van der Waals surface area (Å²) >= 11 is 0. The number of aromatic amines is 1. The van der Waals surface area contributed by atoms with Crippen molar-refractivity contribution in [3.8, 4) is 5.69 Å². The molecule has 7 nitrogen and oxygen atoms in total. The number of hydrogen-bond acceptors (Lipinski definition) is 4. The van der Waals surface area contributed by atoms with Crippen LogP contribution in [0.5, 0.6) is 0 Å². The van der Waals surface area contributed by atoms with Crippen LogP contribution in [0, 0.1) is 0 Å². The number of carbonyl (C=O) groups excluding carboxylic acids is 1. The fourth-order valence-corrected chi connectivity index (χ4v) is 2.34. The van der Waals surface area contributed by atoms with E-state index in [0.717, 1.165) is 25.7 Å². The second-order valence-corrected chi connectivity index (χ2v) is 5.49. The maximum atomic E-state index is 12.2. The van der Waals surface area contributed by atoms with E-state index in [1.54, 1.807) is 24.3 Å². The van der Waals surface area contributed by atoms with E-state index in [1.165, 1.54) is 16.8 Å². The van der Waals surface area contributed by atoms with Gasteiger partial charge in [-0.2, -0.15) is 0 Å². The maximum absolute atomic E-state index is 12.2. The van der Waals surface area contributed by atoms with Gasteiger partial charge in [-0.15, -0.1) is 0 Å². The lowest BCUT2D eigenvalue weighted by molar-refractivity contribution is 0.0953. The minimum atomic E-state index is -0.542. The lowest BCUT2D eigenvalue weighted by atomic mass is 10.1. The molecule has 0 fully saturated rings. The Morgan fingerprint density at radius 2 is 1.92 bits per heavy atom. The van der Waals surface area contributed by atoms with E-state index < -0.39 is 11.2 Å². The lowest BCUT2D eigenvalue weighted by Gasteiger charge is -2.08. The van der Waals surface area contributed by atoms with Crippen LogP contribution in [0.4, 0.5) is 0 Å². The number of nitrogens with one attached hydrogen (secondary N) is 2. The highest BCUT2D eigenvalue weighted by Gasteiger charge is 2.07. The molecule has 128 valence electrons. The Morgan fingerprint density at radius 3 is 2.67 bits per heavy atom. The average Bonchev–Trinajstić information content (AvgIpc) is 2.58. The topological polar surface area (TPSA) is 110 Å². The summed E-state index contributed by atoms with van der Waals surface area (Å²) in [5.41, 5.74) is 5.42. The summed E-state index contributed by atoms with van der Waals surface area (Å²) < 4.78 is 1.28. The molecule has 1 aromatic heterocycles. The molecule has 0 atom stereocenters. The molecule has 24 heavy (non-hydrogen) atoms. The molecule has 0 saturated carbocycles. The highest BCUT2D eigenvalue weighted by atomic mass is 16.2. The number of benzene rings is 1. The van der Waals surface area contributed by atoms with E-state index in [-0.39, 0.29) is 5.91 Å². The van der Waals surface area contributed by atoms with Gasteiger partial charge < -0.3 is 11.1 Å². The van der Waals surface area contributed by atoms with Gasteiger partial charge in [0.15, 0.2) is 0 Å². The fraction of sp³-hybridized carbons (Fsp3) is 0.353. The van der Waals surface area contributed by atoms with Crippen molar-refractivity contribution < 1.29 is 4.79 Å². The SMILES string of the molecule is NCCCCCCNC(=O)c1cccc(-n2ccc(=O)[nH]c2=O)c1. The van der Waals surface area contributed by atoms with Crippen molar-refractivity contribution in [2.75, 3.05) is 13.1 Å². The number of hydrogen-bond donors (Lipinski definition) is 3. The molecule has 7 heteroatoms. The van der Waals surface area contributed by atoms with Crippen LogP contribution >= 0.6 is 0 Å². The average molecular weight is 330 g/mol. The van der Waals surface area contributed by atoms with E-state index in [0.29, 0.717) is 24.3 Å². The summed E-state index contributed by atoms with van der Waals surface area (Å²) in [6, 6.07) is 7.95. The molecule has 2 aromatic rings. The van der Waals surface area contributed by atoms with E-state index in [1.807, 2.05) is 0 Å². The van der Waals surface area contributed by atoms with Gasteiger partial charge in [0.25, 0.3) is 11.5 Å². The summed E-state index contributed by atoms with van der Waals surface area (Å²) in [4.78, 5) is 37.3. The summed E-state index contributed by atoms with van der Waals surface area (Å²) in [5.74, 6) is -0.187. The molecule has 0 unspecified atom stereocenters. The molecule has 0 radical (unpaired) electrons. The molecule has 0 aliphatic carbocycles. The quantitative estimate of drug-likeness (QED) is 0.621. The fourth-order valence-electron chi connectivity index (χ4n) is 2.34. The Labute approximate surface area is 139 Å². The highest BCUT2D eigenvalue weighted by Crippen LogP contribution is 2.08. The zero-order valence-corrected chi connectivity index (χ0v) is 13.5. The van der Waals surface area contributed by atoms with E-state index in [4.69, 9.17) is 5.73 Å². The number of aromatic nitrogens is 2. The van der Waals surface area contributed by atoms with Gasteiger partial charge in [-0.3, -0.25) is 19.1 Å². The van der Waals surface area contributed by atoms with Crippen molar-refractivity contribution in [3.05, 3.63) is 62.9 Å². The molecule has 2 rings (SSSR count). The molecule has 4 N–H and O–H groups in total. The van der Waals surface area contributed by atoms with Gasteiger partial charge in [0.05, 0.1) is 5.69 Å². The second kappa shape index (κ2) is 8.83. The first kappa shape index (κ1) is 17.7. The first-order valence-corrected chi connectivity index (χ1v) is 8.02. The molecule has 1 amide bonds. The number of nitrogens with two attached hydrogens (primary N) is 1. The molecule has 1 aromatic carbocycles. The minimum absolute atomic E-state index is 0.187. The summed E-state index contributed by atoms with van der Waals surface area (Å²) in [7, 11) is 0. The molecule has 0 saturated heterocycles. The third-order valence-electron chi connectivity index (χ3n) is 3.63. The van der Waals surface area contributed by atoms with Gasteiger partial charge in [-0.1, -0.05) is 18.9 Å². The van der Waals surface area contributed by atoms with Gasteiger partial charge in [-0.05, 0) is 37.6 Å². The number of carbonyl (C=O) groups is 1. The van der Waals surface area contributed by atoms with Gasteiger partial charge >= 0.3 is 5.69 Å². The number of amides is 1. The third kappa shape index (κ3) is 4.92. The van der Waals surface area contributed by atoms with Crippen molar-refractivity contribution in [2.24, 2.45) is 5.73 Å². The van der Waals surface area contributed by atoms with E-state index >= 15 is 0 Å². The first-order valence-electron chi connectivity index (χ1n) is 8.02. The van der Waals surface area contributed by atoms with Gasteiger partial charge in [-0.25, -0.2) is 4.79 Å². The highest BCUT2D eigenvalue weighted by molar-refractivity contribution is 5.94. The van der Waals surface area contributed by atoms with Crippen LogP contribution in [0.15, 0.2) is 46.1 Å². The van der Waals surface area contributed by atoms with Crippen LogP contribution in [-0.4, -0.2) is 28.5 Å². The Morgan fingerprint density at radius 1 is 1.12 bits per heavy atom. The van der Waals surface area contributed by atoms with E-state index in [9.17, 15) is 14.4 Å². The Bertz CT molecular complexity index is 795. The molecule has 0 bridgehead atoms. The van der Waals surface area contributed by atoms with Crippen molar-refractivity contribution in [1.29, 1.82) is 0 Å². The van der Waals surface area contributed by atoms with Gasteiger partial charge in [0, 0.05) is 24.4 Å². The summed E-state index contributed by atoms with van der Waals surface area (Å²) in [5, 5.41) is 2.86. The monoisotopic (exact) mass is 330 g/mol. The third-order valence-corrected chi connectivity index (χ3v) is 3.63. The maximum Gasteiger partial charge on any atom is 0.332 e. The molecular weight excluding hydrogens is 308 g/mol. The number of rotatable bonds is 8. The van der Waals surface area contributed by atoms with Crippen molar-refractivity contribution in [2.45, 2.75) is 25.7 Å². The number of unbranched alkanes of at least 4 members (excludes halogenated alkanes) is 3. The van der Waals surface area contributed by atoms with Gasteiger partial charge in [0.1, 0.15) is 0 Å².